The van der Waals surface area contributed by atoms with E-state index >= 15 is 0 Å². The van der Waals surface area contributed by atoms with Gasteiger partial charge in [-0.3, -0.25) is 14.9 Å². The minimum atomic E-state index is -1.27. The molecule has 3 rings (SSSR count). The molecule has 0 saturated heterocycles. The standard InChI is InChI=1S/C21H18N2O6/c1-13-10-14(2)12-16(11-13)22-20(24)19(15-6-4-3-5-7-15)29-21(25)17-8-9-18(28-17)23(26)27/h3-12,19H,1-2H3,(H,22,24)/t19-/m0/s1. The van der Waals surface area contributed by atoms with Gasteiger partial charge in [-0.15, -0.1) is 0 Å². The largest absolute Gasteiger partial charge is 0.441 e. The molecule has 3 aromatic rings. The quantitative estimate of drug-likeness (QED) is 0.378. The number of rotatable bonds is 6. The maximum atomic E-state index is 12.9. The second-order valence-corrected chi connectivity index (χ2v) is 6.46. The fourth-order valence-corrected chi connectivity index (χ4v) is 2.86. The number of hydrogen-bond acceptors (Lipinski definition) is 6. The summed E-state index contributed by atoms with van der Waals surface area (Å²) in [6, 6.07) is 16.2. The summed E-state index contributed by atoms with van der Waals surface area (Å²) in [4.78, 5) is 35.3. The second-order valence-electron chi connectivity index (χ2n) is 6.46. The lowest BCUT2D eigenvalue weighted by molar-refractivity contribution is -0.402. The monoisotopic (exact) mass is 394 g/mol. The van der Waals surface area contributed by atoms with Gasteiger partial charge in [-0.25, -0.2) is 4.79 Å². The number of hydrogen-bond donors (Lipinski definition) is 1. The van der Waals surface area contributed by atoms with E-state index in [0.717, 1.165) is 23.3 Å². The molecule has 0 bridgehead atoms. The summed E-state index contributed by atoms with van der Waals surface area (Å²) in [6.07, 6.45) is -1.27. The predicted molar refractivity (Wildman–Crippen MR) is 105 cm³/mol. The number of ether oxygens (including phenoxy) is 1. The number of benzene rings is 2. The van der Waals surface area contributed by atoms with E-state index in [1.54, 1.807) is 42.5 Å². The van der Waals surface area contributed by atoms with E-state index in [2.05, 4.69) is 5.32 Å². The first-order valence-electron chi connectivity index (χ1n) is 8.73. The maximum Gasteiger partial charge on any atom is 0.433 e. The summed E-state index contributed by atoms with van der Waals surface area (Å²) in [5, 5.41) is 13.5. The van der Waals surface area contributed by atoms with Gasteiger partial charge in [0.1, 0.15) is 4.92 Å². The van der Waals surface area contributed by atoms with Crippen LogP contribution in [0, 0.1) is 24.0 Å². The lowest BCUT2D eigenvalue weighted by Gasteiger charge is -2.18. The van der Waals surface area contributed by atoms with Crippen LogP contribution in [0.5, 0.6) is 0 Å². The molecule has 0 spiro atoms. The van der Waals surface area contributed by atoms with E-state index in [4.69, 9.17) is 9.15 Å². The van der Waals surface area contributed by atoms with Crippen molar-refractivity contribution in [2.45, 2.75) is 20.0 Å². The van der Waals surface area contributed by atoms with E-state index in [-0.39, 0.29) is 5.76 Å². The Hall–Kier alpha value is -3.94. The Bertz CT molecular complexity index is 1040. The average molecular weight is 394 g/mol. The van der Waals surface area contributed by atoms with Crippen LogP contribution < -0.4 is 5.32 Å². The highest BCUT2D eigenvalue weighted by atomic mass is 16.7. The van der Waals surface area contributed by atoms with Crippen LogP contribution in [0.4, 0.5) is 11.6 Å². The number of furan rings is 1. The van der Waals surface area contributed by atoms with Crippen molar-refractivity contribution in [2.24, 2.45) is 0 Å². The highest BCUT2D eigenvalue weighted by Crippen LogP contribution is 2.24. The molecule has 1 amide bonds. The molecule has 29 heavy (non-hydrogen) atoms. The molecular weight excluding hydrogens is 376 g/mol. The molecule has 8 heteroatoms. The van der Waals surface area contributed by atoms with Crippen LogP contribution in [0.25, 0.3) is 0 Å². The van der Waals surface area contributed by atoms with Crippen molar-refractivity contribution in [3.05, 3.63) is 93.2 Å². The summed E-state index contributed by atoms with van der Waals surface area (Å²) in [5.74, 6) is -2.50. The molecule has 0 radical (unpaired) electrons. The normalized spacial score (nSPS) is 11.5. The number of carbonyl (C=O) groups is 2. The molecule has 0 saturated carbocycles. The van der Waals surface area contributed by atoms with Gasteiger partial charge in [0.25, 0.3) is 5.91 Å². The Morgan fingerprint density at radius 3 is 2.28 bits per heavy atom. The van der Waals surface area contributed by atoms with Crippen LogP contribution in [0.1, 0.15) is 33.3 Å². The molecule has 0 aliphatic rings. The number of anilines is 1. The predicted octanol–water partition coefficient (Wildman–Crippen LogP) is 4.34. The molecule has 0 unspecified atom stereocenters. The molecule has 1 heterocycles. The summed E-state index contributed by atoms with van der Waals surface area (Å²) in [7, 11) is 0. The lowest BCUT2D eigenvalue weighted by Crippen LogP contribution is -2.26. The number of amides is 1. The second kappa shape index (κ2) is 8.39. The van der Waals surface area contributed by atoms with E-state index in [9.17, 15) is 19.7 Å². The Labute approximate surface area is 166 Å². The lowest BCUT2D eigenvalue weighted by atomic mass is 10.1. The first-order chi connectivity index (χ1) is 13.8. The van der Waals surface area contributed by atoms with E-state index < -0.39 is 28.8 Å². The molecule has 0 aliphatic heterocycles. The zero-order valence-electron chi connectivity index (χ0n) is 15.7. The van der Waals surface area contributed by atoms with Crippen LogP contribution in [0.2, 0.25) is 0 Å². The number of nitro groups is 1. The first kappa shape index (κ1) is 19.8. The van der Waals surface area contributed by atoms with Crippen LogP contribution >= 0.6 is 0 Å². The molecule has 8 nitrogen and oxygen atoms in total. The van der Waals surface area contributed by atoms with Gasteiger partial charge in [0.2, 0.25) is 11.9 Å². The highest BCUT2D eigenvalue weighted by molar-refractivity contribution is 5.97. The van der Waals surface area contributed by atoms with Gasteiger partial charge in [-0.2, -0.15) is 0 Å². The molecule has 148 valence electrons. The Morgan fingerprint density at radius 1 is 1.03 bits per heavy atom. The summed E-state index contributed by atoms with van der Waals surface area (Å²) >= 11 is 0. The molecule has 0 aliphatic carbocycles. The third-order valence-corrected chi connectivity index (χ3v) is 4.03. The number of carbonyl (C=O) groups excluding carboxylic acids is 2. The Balaban J connectivity index is 1.85. The zero-order valence-corrected chi connectivity index (χ0v) is 15.7. The minimum Gasteiger partial charge on any atom is -0.441 e. The van der Waals surface area contributed by atoms with E-state index in [1.165, 1.54) is 0 Å². The van der Waals surface area contributed by atoms with Crippen molar-refractivity contribution >= 4 is 23.4 Å². The summed E-state index contributed by atoms with van der Waals surface area (Å²) < 4.78 is 10.2. The highest BCUT2D eigenvalue weighted by Gasteiger charge is 2.28. The van der Waals surface area contributed by atoms with E-state index in [0.29, 0.717) is 11.3 Å². The minimum absolute atomic E-state index is 0.364. The van der Waals surface area contributed by atoms with E-state index in [1.807, 2.05) is 19.9 Å². The van der Waals surface area contributed by atoms with Crippen molar-refractivity contribution < 1.29 is 23.7 Å². The fraction of sp³-hybridized carbons (Fsp3) is 0.143. The van der Waals surface area contributed by atoms with Gasteiger partial charge in [-0.1, -0.05) is 36.4 Å². The van der Waals surface area contributed by atoms with Crippen LogP contribution in [0.3, 0.4) is 0 Å². The molecule has 1 N–H and O–H groups in total. The third kappa shape index (κ3) is 4.86. The van der Waals surface area contributed by atoms with Crippen LogP contribution in [-0.4, -0.2) is 16.8 Å². The smallest absolute Gasteiger partial charge is 0.433 e. The number of esters is 1. The van der Waals surface area contributed by atoms with Crippen molar-refractivity contribution in [3.8, 4) is 0 Å². The van der Waals surface area contributed by atoms with Gasteiger partial charge in [0, 0.05) is 11.3 Å². The topological polar surface area (TPSA) is 112 Å². The Morgan fingerprint density at radius 2 is 1.69 bits per heavy atom. The summed E-state index contributed by atoms with van der Waals surface area (Å²) in [6.45, 7) is 3.81. The SMILES string of the molecule is Cc1cc(C)cc(NC(=O)[C@@H](OC(=O)c2ccc([N+](=O)[O-])o2)c2ccccc2)c1. The van der Waals surface area contributed by atoms with Crippen LogP contribution in [-0.2, 0) is 9.53 Å². The van der Waals surface area contributed by atoms with Gasteiger partial charge in [0.15, 0.2) is 0 Å². The number of aryl methyl sites for hydroxylation is 2. The molecule has 0 fully saturated rings. The Kier molecular flexibility index (Phi) is 5.73. The van der Waals surface area contributed by atoms with Crippen molar-refractivity contribution in [2.75, 3.05) is 5.32 Å². The van der Waals surface area contributed by atoms with Gasteiger partial charge >= 0.3 is 11.9 Å². The van der Waals surface area contributed by atoms with Crippen LogP contribution in [0.15, 0.2) is 65.1 Å². The zero-order chi connectivity index (χ0) is 21.0. The maximum absolute atomic E-state index is 12.9. The van der Waals surface area contributed by atoms with Crippen molar-refractivity contribution in [3.63, 3.8) is 0 Å². The fourth-order valence-electron chi connectivity index (χ4n) is 2.86. The average Bonchev–Trinajstić information content (AvgIpc) is 3.16. The molecule has 1 aromatic heterocycles. The third-order valence-electron chi connectivity index (χ3n) is 4.03. The first-order valence-corrected chi connectivity index (χ1v) is 8.73. The molecular formula is C21H18N2O6. The number of nitrogens with zero attached hydrogens (tertiary/aromatic N) is 1. The van der Waals surface area contributed by atoms with Gasteiger partial charge < -0.3 is 14.5 Å². The summed E-state index contributed by atoms with van der Waals surface area (Å²) in [5.41, 5.74) is 2.95. The van der Waals surface area contributed by atoms with Crippen molar-refractivity contribution in [1.29, 1.82) is 0 Å². The number of nitrogens with one attached hydrogen (secondary N) is 1. The van der Waals surface area contributed by atoms with Crippen molar-refractivity contribution in [1.82, 2.24) is 0 Å². The molecule has 1 atom stereocenters. The molecule has 2 aromatic carbocycles. The van der Waals surface area contributed by atoms with Gasteiger partial charge in [0.05, 0.1) is 6.07 Å². The van der Waals surface area contributed by atoms with Gasteiger partial charge in [-0.05, 0) is 43.2 Å².